The normalized spacial score (nSPS) is 18.3. The third-order valence-electron chi connectivity index (χ3n) is 4.16. The van der Waals surface area contributed by atoms with Gasteiger partial charge >= 0.3 is 5.97 Å². The highest BCUT2D eigenvalue weighted by Crippen LogP contribution is 2.32. The second-order valence-electron chi connectivity index (χ2n) is 5.93. The summed E-state index contributed by atoms with van der Waals surface area (Å²) in [5.74, 6) is 0.146. The Labute approximate surface area is 155 Å². The number of piperidine rings is 1. The van der Waals surface area contributed by atoms with Crippen molar-refractivity contribution in [3.63, 3.8) is 0 Å². The Morgan fingerprint density at radius 1 is 1.12 bits per heavy atom. The first kappa shape index (κ1) is 20.5. The summed E-state index contributed by atoms with van der Waals surface area (Å²) in [5, 5.41) is 0. The average molecular weight is 385 g/mol. The molecule has 0 spiro atoms. The van der Waals surface area contributed by atoms with E-state index in [1.165, 1.54) is 16.4 Å². The van der Waals surface area contributed by atoms with Gasteiger partial charge < -0.3 is 14.2 Å². The van der Waals surface area contributed by atoms with E-state index >= 15 is 0 Å². The van der Waals surface area contributed by atoms with Crippen LogP contribution in [0.3, 0.4) is 0 Å². The van der Waals surface area contributed by atoms with Gasteiger partial charge in [-0.15, -0.1) is 0 Å². The molecule has 26 heavy (non-hydrogen) atoms. The number of carbonyl (C=O) groups is 1. The number of hydrogen-bond donors (Lipinski definition) is 0. The summed E-state index contributed by atoms with van der Waals surface area (Å²) >= 11 is 0. The minimum atomic E-state index is -3.73. The van der Waals surface area contributed by atoms with Crippen LogP contribution in [0, 0.1) is 5.92 Å². The fraction of sp³-hybridized carbons (Fsp3) is 0.611. The molecule has 0 amide bonds. The molecule has 0 saturated carbocycles. The third-order valence-corrected chi connectivity index (χ3v) is 6.02. The van der Waals surface area contributed by atoms with Crippen molar-refractivity contribution in [3.05, 3.63) is 18.2 Å². The lowest BCUT2D eigenvalue weighted by Gasteiger charge is -2.30. The van der Waals surface area contributed by atoms with Crippen molar-refractivity contribution in [2.24, 2.45) is 5.92 Å². The fourth-order valence-electron chi connectivity index (χ4n) is 2.95. The smallest absolute Gasteiger partial charge is 0.310 e. The highest BCUT2D eigenvalue weighted by molar-refractivity contribution is 7.89. The van der Waals surface area contributed by atoms with E-state index in [4.69, 9.17) is 14.2 Å². The van der Waals surface area contributed by atoms with E-state index in [0.29, 0.717) is 50.7 Å². The summed E-state index contributed by atoms with van der Waals surface area (Å²) in [6.07, 6.45) is 1.26. The lowest BCUT2D eigenvalue weighted by atomic mass is 10.0. The van der Waals surface area contributed by atoms with E-state index in [9.17, 15) is 13.2 Å². The second-order valence-corrected chi connectivity index (χ2v) is 7.87. The second kappa shape index (κ2) is 9.23. The van der Waals surface area contributed by atoms with Gasteiger partial charge in [-0.05, 0) is 45.7 Å². The van der Waals surface area contributed by atoms with Gasteiger partial charge in [0.1, 0.15) is 0 Å². The molecule has 1 fully saturated rings. The van der Waals surface area contributed by atoms with Gasteiger partial charge in [0.05, 0.1) is 30.6 Å². The van der Waals surface area contributed by atoms with Gasteiger partial charge in [0.15, 0.2) is 11.5 Å². The van der Waals surface area contributed by atoms with Gasteiger partial charge in [-0.2, -0.15) is 4.31 Å². The topological polar surface area (TPSA) is 82.1 Å². The van der Waals surface area contributed by atoms with Crippen LogP contribution in [-0.2, 0) is 19.6 Å². The van der Waals surface area contributed by atoms with Crippen LogP contribution in [0.25, 0.3) is 0 Å². The van der Waals surface area contributed by atoms with Crippen LogP contribution < -0.4 is 9.47 Å². The Kier molecular flexibility index (Phi) is 7.28. The largest absolute Gasteiger partial charge is 0.490 e. The Bertz CT molecular complexity index is 718. The molecule has 0 unspecified atom stereocenters. The molecule has 1 aliphatic rings. The van der Waals surface area contributed by atoms with Crippen LogP contribution in [0.1, 0.15) is 33.6 Å². The zero-order valence-electron chi connectivity index (χ0n) is 15.6. The molecule has 1 aromatic rings. The molecule has 1 atom stereocenters. The molecule has 7 nitrogen and oxygen atoms in total. The molecule has 0 N–H and O–H groups in total. The number of rotatable bonds is 8. The molecular formula is C18H27NO6S. The molecule has 0 bridgehead atoms. The molecule has 8 heteroatoms. The van der Waals surface area contributed by atoms with Gasteiger partial charge in [0, 0.05) is 19.2 Å². The molecule has 1 aliphatic heterocycles. The van der Waals surface area contributed by atoms with Crippen LogP contribution in [0.2, 0.25) is 0 Å². The standard InChI is InChI=1S/C18H27NO6S/c1-4-23-16-10-9-15(12-17(16)24-5-2)26(21,22)19-11-7-8-14(13-19)18(20)25-6-3/h9-10,12,14H,4-8,11,13H2,1-3H3/t14-/m1/s1. The molecule has 0 aliphatic carbocycles. The molecule has 0 aromatic heterocycles. The average Bonchev–Trinajstić information content (AvgIpc) is 2.64. The molecule has 146 valence electrons. The van der Waals surface area contributed by atoms with Crippen molar-refractivity contribution < 1.29 is 27.4 Å². The Hall–Kier alpha value is -1.80. The minimum absolute atomic E-state index is 0.133. The van der Waals surface area contributed by atoms with Crippen LogP contribution in [-0.4, -0.2) is 51.6 Å². The summed E-state index contributed by atoms with van der Waals surface area (Å²) in [4.78, 5) is 12.1. The summed E-state index contributed by atoms with van der Waals surface area (Å²) in [7, 11) is -3.73. The maximum Gasteiger partial charge on any atom is 0.310 e. The molecule has 1 aromatic carbocycles. The number of nitrogens with zero attached hydrogens (tertiary/aromatic N) is 1. The van der Waals surface area contributed by atoms with Gasteiger partial charge in [-0.25, -0.2) is 8.42 Å². The molecule has 0 radical (unpaired) electrons. The van der Waals surface area contributed by atoms with E-state index in [1.54, 1.807) is 13.0 Å². The van der Waals surface area contributed by atoms with E-state index in [0.717, 1.165) is 0 Å². The number of esters is 1. The highest BCUT2D eigenvalue weighted by atomic mass is 32.2. The number of ether oxygens (including phenoxy) is 3. The Morgan fingerprint density at radius 3 is 2.46 bits per heavy atom. The summed E-state index contributed by atoms with van der Waals surface area (Å²) in [6, 6.07) is 4.60. The van der Waals surface area contributed by atoms with Gasteiger partial charge in [-0.1, -0.05) is 0 Å². The summed E-state index contributed by atoms with van der Waals surface area (Å²) < 4.78 is 43.4. The SMILES string of the molecule is CCOC(=O)[C@@H]1CCCN(S(=O)(=O)c2ccc(OCC)c(OCC)c2)C1. The van der Waals surface area contributed by atoms with Gasteiger partial charge in [0.25, 0.3) is 0 Å². The van der Waals surface area contributed by atoms with Crippen molar-refractivity contribution in [2.45, 2.75) is 38.5 Å². The van der Waals surface area contributed by atoms with E-state index in [1.807, 2.05) is 13.8 Å². The van der Waals surface area contributed by atoms with Crippen LogP contribution in [0.5, 0.6) is 11.5 Å². The zero-order valence-corrected chi connectivity index (χ0v) is 16.4. The van der Waals surface area contributed by atoms with Crippen LogP contribution >= 0.6 is 0 Å². The first-order valence-electron chi connectivity index (χ1n) is 9.00. The first-order chi connectivity index (χ1) is 12.4. The lowest BCUT2D eigenvalue weighted by molar-refractivity contribution is -0.149. The summed E-state index contributed by atoms with van der Waals surface area (Å²) in [5.41, 5.74) is 0. The minimum Gasteiger partial charge on any atom is -0.490 e. The maximum atomic E-state index is 13.0. The van der Waals surface area contributed by atoms with Gasteiger partial charge in [-0.3, -0.25) is 4.79 Å². The molecular weight excluding hydrogens is 358 g/mol. The van der Waals surface area contributed by atoms with E-state index in [2.05, 4.69) is 0 Å². The summed E-state index contributed by atoms with van der Waals surface area (Å²) in [6.45, 7) is 7.09. The van der Waals surface area contributed by atoms with E-state index < -0.39 is 15.9 Å². The Morgan fingerprint density at radius 2 is 1.81 bits per heavy atom. The quantitative estimate of drug-likeness (QED) is 0.639. The molecule has 1 saturated heterocycles. The zero-order chi connectivity index (χ0) is 19.2. The number of benzene rings is 1. The molecule has 2 rings (SSSR count). The van der Waals surface area contributed by atoms with Crippen molar-refractivity contribution in [1.82, 2.24) is 4.31 Å². The van der Waals surface area contributed by atoms with Gasteiger partial charge in [0.2, 0.25) is 10.0 Å². The lowest BCUT2D eigenvalue weighted by Crippen LogP contribution is -2.42. The predicted octanol–water partition coefficient (Wildman–Crippen LogP) is 2.45. The maximum absolute atomic E-state index is 13.0. The number of carbonyl (C=O) groups excluding carboxylic acids is 1. The molecule has 1 heterocycles. The van der Waals surface area contributed by atoms with Crippen molar-refractivity contribution >= 4 is 16.0 Å². The fourth-order valence-corrected chi connectivity index (χ4v) is 4.49. The predicted molar refractivity (Wildman–Crippen MR) is 96.9 cm³/mol. The highest BCUT2D eigenvalue weighted by Gasteiger charge is 2.34. The van der Waals surface area contributed by atoms with E-state index in [-0.39, 0.29) is 17.4 Å². The number of sulfonamides is 1. The third kappa shape index (κ3) is 4.67. The van der Waals surface area contributed by atoms with Crippen LogP contribution in [0.4, 0.5) is 0 Å². The van der Waals surface area contributed by atoms with Crippen molar-refractivity contribution in [3.8, 4) is 11.5 Å². The monoisotopic (exact) mass is 385 g/mol. The number of hydrogen-bond acceptors (Lipinski definition) is 6. The van der Waals surface area contributed by atoms with Crippen LogP contribution in [0.15, 0.2) is 23.1 Å². The van der Waals surface area contributed by atoms with Crippen molar-refractivity contribution in [2.75, 3.05) is 32.9 Å². The Balaban J connectivity index is 2.25. The van der Waals surface area contributed by atoms with Crippen molar-refractivity contribution in [1.29, 1.82) is 0 Å². The first-order valence-corrected chi connectivity index (χ1v) is 10.4.